The van der Waals surface area contributed by atoms with E-state index in [9.17, 15) is 13.2 Å². The predicted octanol–water partition coefficient (Wildman–Crippen LogP) is 2.49. The lowest BCUT2D eigenvalue weighted by molar-refractivity contribution is -0.137. The highest BCUT2D eigenvalue weighted by Crippen LogP contribution is 2.29. The molecule has 86 valence electrons. The Hall–Kier alpha value is -1.54. The van der Waals surface area contributed by atoms with E-state index in [-0.39, 0.29) is 0 Å². The molecule has 0 aliphatic rings. The molecule has 0 heterocycles. The van der Waals surface area contributed by atoms with Gasteiger partial charge in [0.25, 0.3) is 0 Å². The van der Waals surface area contributed by atoms with E-state index in [0.717, 1.165) is 17.7 Å². The molecule has 0 aromatic heterocycles. The molecule has 0 aliphatic carbocycles. The Kier molecular flexibility index (Phi) is 3.91. The molecule has 1 unspecified atom stereocenters. The minimum absolute atomic E-state index is 0.446. The molecular formula is C11H11F3N2. The maximum absolute atomic E-state index is 12.2. The SMILES string of the molecule is N#CC(N)CCc1ccc(C(F)(F)F)cc1. The molecule has 0 saturated heterocycles. The van der Waals surface area contributed by atoms with Crippen molar-refractivity contribution >= 4 is 0 Å². The Bertz CT molecular complexity index is 376. The minimum atomic E-state index is -4.30. The molecule has 1 atom stereocenters. The molecule has 5 heteroatoms. The first-order chi connectivity index (χ1) is 7.43. The summed E-state index contributed by atoms with van der Waals surface area (Å²) < 4.78 is 36.7. The minimum Gasteiger partial charge on any atom is -0.316 e. The van der Waals surface area contributed by atoms with Crippen LogP contribution < -0.4 is 5.73 Å². The molecule has 2 nitrogen and oxygen atoms in total. The van der Waals surface area contributed by atoms with Gasteiger partial charge in [0.05, 0.1) is 17.7 Å². The first-order valence-electron chi connectivity index (χ1n) is 4.75. The number of nitriles is 1. The van der Waals surface area contributed by atoms with E-state index in [1.807, 2.05) is 6.07 Å². The molecule has 1 aromatic rings. The Balaban J connectivity index is 2.63. The third-order valence-electron chi connectivity index (χ3n) is 2.19. The highest BCUT2D eigenvalue weighted by Gasteiger charge is 2.29. The summed E-state index contributed by atoms with van der Waals surface area (Å²) in [5, 5.41) is 8.44. The van der Waals surface area contributed by atoms with Crippen LogP contribution in [0.25, 0.3) is 0 Å². The highest BCUT2D eigenvalue weighted by atomic mass is 19.4. The molecule has 0 fully saturated rings. The zero-order valence-corrected chi connectivity index (χ0v) is 8.46. The number of aryl methyl sites for hydroxylation is 1. The molecule has 0 aliphatic heterocycles. The smallest absolute Gasteiger partial charge is 0.316 e. The summed E-state index contributed by atoms with van der Waals surface area (Å²) >= 11 is 0. The van der Waals surface area contributed by atoms with Crippen molar-refractivity contribution in [3.8, 4) is 6.07 Å². The van der Waals surface area contributed by atoms with Crippen LogP contribution in [-0.2, 0) is 12.6 Å². The summed E-state index contributed by atoms with van der Waals surface area (Å²) in [7, 11) is 0. The molecule has 16 heavy (non-hydrogen) atoms. The van der Waals surface area contributed by atoms with E-state index in [1.54, 1.807) is 0 Å². The molecule has 0 saturated carbocycles. The first kappa shape index (κ1) is 12.5. The fraction of sp³-hybridized carbons (Fsp3) is 0.364. The normalized spacial score (nSPS) is 13.2. The van der Waals surface area contributed by atoms with Gasteiger partial charge in [0.1, 0.15) is 0 Å². The molecule has 1 aromatic carbocycles. The van der Waals surface area contributed by atoms with Crippen LogP contribution in [0.15, 0.2) is 24.3 Å². The molecule has 0 spiro atoms. The van der Waals surface area contributed by atoms with Crippen molar-refractivity contribution in [1.82, 2.24) is 0 Å². The molecule has 0 amide bonds. The Labute approximate surface area is 91.5 Å². The zero-order chi connectivity index (χ0) is 12.2. The van der Waals surface area contributed by atoms with Crippen LogP contribution in [0.3, 0.4) is 0 Å². The lowest BCUT2D eigenvalue weighted by Gasteiger charge is -2.07. The lowest BCUT2D eigenvalue weighted by Crippen LogP contribution is -2.17. The maximum Gasteiger partial charge on any atom is 0.416 e. The van der Waals surface area contributed by atoms with Gasteiger partial charge in [-0.2, -0.15) is 18.4 Å². The van der Waals surface area contributed by atoms with Crippen LogP contribution in [-0.4, -0.2) is 6.04 Å². The predicted molar refractivity (Wildman–Crippen MR) is 53.4 cm³/mol. The fourth-order valence-electron chi connectivity index (χ4n) is 1.25. The van der Waals surface area contributed by atoms with Crippen molar-refractivity contribution < 1.29 is 13.2 Å². The standard InChI is InChI=1S/C11H11F3N2/c12-11(13,14)9-4-1-8(2-5-9)3-6-10(16)7-15/h1-2,4-5,10H,3,6,16H2. The Morgan fingerprint density at radius 3 is 2.25 bits per heavy atom. The first-order valence-corrected chi connectivity index (χ1v) is 4.75. The van der Waals surface area contributed by atoms with E-state index in [0.29, 0.717) is 12.8 Å². The highest BCUT2D eigenvalue weighted by molar-refractivity contribution is 5.24. The van der Waals surface area contributed by atoms with Gasteiger partial charge >= 0.3 is 6.18 Å². The van der Waals surface area contributed by atoms with Gasteiger partial charge in [-0.15, -0.1) is 0 Å². The largest absolute Gasteiger partial charge is 0.416 e. The average molecular weight is 228 g/mol. The summed E-state index contributed by atoms with van der Waals surface area (Å²) in [4.78, 5) is 0. The van der Waals surface area contributed by atoms with Crippen molar-refractivity contribution in [3.05, 3.63) is 35.4 Å². The van der Waals surface area contributed by atoms with Crippen LogP contribution >= 0.6 is 0 Å². The second kappa shape index (κ2) is 4.99. The number of halogens is 3. The second-order valence-corrected chi connectivity index (χ2v) is 3.47. The van der Waals surface area contributed by atoms with Crippen LogP contribution in [0.2, 0.25) is 0 Å². The molecular weight excluding hydrogens is 217 g/mol. The van der Waals surface area contributed by atoms with Crippen LogP contribution in [0.1, 0.15) is 17.5 Å². The summed E-state index contributed by atoms with van der Waals surface area (Å²) in [5.41, 5.74) is 5.46. The van der Waals surface area contributed by atoms with E-state index in [1.165, 1.54) is 12.1 Å². The monoisotopic (exact) mass is 228 g/mol. The number of nitrogens with zero attached hydrogens (tertiary/aromatic N) is 1. The van der Waals surface area contributed by atoms with Crippen molar-refractivity contribution in [2.45, 2.75) is 25.1 Å². The third kappa shape index (κ3) is 3.55. The van der Waals surface area contributed by atoms with E-state index >= 15 is 0 Å². The summed E-state index contributed by atoms with van der Waals surface area (Å²) in [6, 6.07) is 6.19. The van der Waals surface area contributed by atoms with Crippen LogP contribution in [0.5, 0.6) is 0 Å². The second-order valence-electron chi connectivity index (χ2n) is 3.47. The Morgan fingerprint density at radius 2 is 1.81 bits per heavy atom. The van der Waals surface area contributed by atoms with Crippen LogP contribution in [0, 0.1) is 11.3 Å². The maximum atomic E-state index is 12.2. The molecule has 0 radical (unpaired) electrons. The van der Waals surface area contributed by atoms with E-state index in [2.05, 4.69) is 0 Å². The molecule has 2 N–H and O–H groups in total. The number of hydrogen-bond acceptors (Lipinski definition) is 2. The number of nitrogens with two attached hydrogens (primary N) is 1. The van der Waals surface area contributed by atoms with E-state index < -0.39 is 17.8 Å². The summed E-state index contributed by atoms with van der Waals surface area (Å²) in [6.07, 6.45) is -3.35. The van der Waals surface area contributed by atoms with Crippen molar-refractivity contribution in [1.29, 1.82) is 5.26 Å². The van der Waals surface area contributed by atoms with Gasteiger partial charge < -0.3 is 5.73 Å². The fourth-order valence-corrected chi connectivity index (χ4v) is 1.25. The topological polar surface area (TPSA) is 49.8 Å². The van der Waals surface area contributed by atoms with Crippen molar-refractivity contribution in [2.75, 3.05) is 0 Å². The van der Waals surface area contributed by atoms with Crippen molar-refractivity contribution in [2.24, 2.45) is 5.73 Å². The van der Waals surface area contributed by atoms with E-state index in [4.69, 9.17) is 11.0 Å². The zero-order valence-electron chi connectivity index (χ0n) is 8.46. The van der Waals surface area contributed by atoms with Crippen molar-refractivity contribution in [3.63, 3.8) is 0 Å². The van der Waals surface area contributed by atoms with Crippen LogP contribution in [0.4, 0.5) is 13.2 Å². The number of benzene rings is 1. The van der Waals surface area contributed by atoms with Gasteiger partial charge in [-0.3, -0.25) is 0 Å². The molecule has 1 rings (SSSR count). The van der Waals surface area contributed by atoms with Gasteiger partial charge in [-0.25, -0.2) is 0 Å². The summed E-state index contributed by atoms with van der Waals surface area (Å²) in [6.45, 7) is 0. The summed E-state index contributed by atoms with van der Waals surface area (Å²) in [5.74, 6) is 0. The lowest BCUT2D eigenvalue weighted by atomic mass is 10.0. The molecule has 0 bridgehead atoms. The number of alkyl halides is 3. The van der Waals surface area contributed by atoms with Gasteiger partial charge in [-0.05, 0) is 30.5 Å². The average Bonchev–Trinajstić information content (AvgIpc) is 2.25. The van der Waals surface area contributed by atoms with Gasteiger partial charge in [-0.1, -0.05) is 12.1 Å². The van der Waals surface area contributed by atoms with Gasteiger partial charge in [0.15, 0.2) is 0 Å². The van der Waals surface area contributed by atoms with Gasteiger partial charge in [0.2, 0.25) is 0 Å². The number of rotatable bonds is 3. The Morgan fingerprint density at radius 1 is 1.25 bits per heavy atom. The van der Waals surface area contributed by atoms with Gasteiger partial charge in [0, 0.05) is 0 Å². The third-order valence-corrected chi connectivity index (χ3v) is 2.19. The number of hydrogen-bond donors (Lipinski definition) is 1. The quantitative estimate of drug-likeness (QED) is 0.864.